The number of unbranched alkanes of at least 4 members (excludes halogenated alkanes) is 3. The number of aliphatic hydroxyl groups is 1. The quantitative estimate of drug-likeness (QED) is 0.416. The summed E-state index contributed by atoms with van der Waals surface area (Å²) in [6.07, 6.45) is 7.03. The van der Waals surface area contributed by atoms with Crippen LogP contribution in [0.2, 0.25) is 0 Å². The van der Waals surface area contributed by atoms with E-state index in [1.165, 1.54) is 25.8 Å². The molecular formula is C23H39FO3. The van der Waals surface area contributed by atoms with E-state index in [2.05, 4.69) is 13.8 Å². The molecule has 0 aliphatic rings. The zero-order valence-corrected chi connectivity index (χ0v) is 18.3. The van der Waals surface area contributed by atoms with Crippen molar-refractivity contribution in [2.45, 2.75) is 105 Å². The molecule has 3 nitrogen and oxygen atoms in total. The van der Waals surface area contributed by atoms with Crippen LogP contribution >= 0.6 is 0 Å². The molecule has 0 bridgehead atoms. The zero-order chi connectivity index (χ0) is 21.1. The molecule has 0 heterocycles. The largest absolute Gasteiger partial charge is 0.460 e. The fourth-order valence-corrected chi connectivity index (χ4v) is 3.04. The van der Waals surface area contributed by atoms with Crippen LogP contribution in [0.15, 0.2) is 18.2 Å². The molecule has 0 spiro atoms. The lowest BCUT2D eigenvalue weighted by molar-refractivity contribution is -0.151. The molecule has 4 heteroatoms. The van der Waals surface area contributed by atoms with Gasteiger partial charge in [-0.2, -0.15) is 0 Å². The number of carbonyl (C=O) groups excluding carboxylic acids is 1. The monoisotopic (exact) mass is 382 g/mol. The fourth-order valence-electron chi connectivity index (χ4n) is 3.04. The summed E-state index contributed by atoms with van der Waals surface area (Å²) in [6.45, 7) is 12.9. The minimum Gasteiger partial charge on any atom is -0.460 e. The Labute approximate surface area is 165 Å². The Morgan fingerprint density at radius 2 is 1.70 bits per heavy atom. The second-order valence-electron chi connectivity index (χ2n) is 8.26. The minimum absolute atomic E-state index is 0.200. The first-order valence-corrected chi connectivity index (χ1v) is 10.1. The van der Waals surface area contributed by atoms with Gasteiger partial charge in [0.05, 0.1) is 5.60 Å². The van der Waals surface area contributed by atoms with E-state index in [1.807, 2.05) is 20.8 Å². The van der Waals surface area contributed by atoms with Crippen molar-refractivity contribution in [2.24, 2.45) is 0 Å². The second kappa shape index (κ2) is 12.1. The van der Waals surface area contributed by atoms with E-state index in [0.29, 0.717) is 5.56 Å². The van der Waals surface area contributed by atoms with Crippen LogP contribution in [-0.4, -0.2) is 16.7 Å². The van der Waals surface area contributed by atoms with Crippen molar-refractivity contribution in [3.8, 4) is 0 Å². The van der Waals surface area contributed by atoms with Crippen LogP contribution in [0, 0.1) is 12.7 Å². The Balaban J connectivity index is 0.000000713. The van der Waals surface area contributed by atoms with Crippen LogP contribution in [-0.2, 0) is 15.1 Å². The molecule has 1 N–H and O–H groups in total. The smallest absolute Gasteiger partial charge is 0.303 e. The first kappa shape index (κ1) is 25.6. The molecule has 0 radical (unpaired) electrons. The van der Waals surface area contributed by atoms with Gasteiger partial charge < -0.3 is 9.84 Å². The summed E-state index contributed by atoms with van der Waals surface area (Å²) in [7, 11) is 0. The Hall–Kier alpha value is -1.42. The molecule has 0 saturated heterocycles. The number of halogens is 1. The predicted octanol–water partition coefficient (Wildman–Crippen LogP) is 6.44. The van der Waals surface area contributed by atoms with E-state index >= 15 is 0 Å². The van der Waals surface area contributed by atoms with Gasteiger partial charge >= 0.3 is 5.97 Å². The van der Waals surface area contributed by atoms with Gasteiger partial charge in [-0.15, -0.1) is 0 Å². The van der Waals surface area contributed by atoms with Gasteiger partial charge in [-0.3, -0.25) is 4.79 Å². The van der Waals surface area contributed by atoms with Crippen molar-refractivity contribution in [1.82, 2.24) is 0 Å². The normalized spacial score (nSPS) is 13.4. The number of hydrogen-bond acceptors (Lipinski definition) is 3. The Kier molecular flexibility index (Phi) is 11.5. The van der Waals surface area contributed by atoms with E-state index in [4.69, 9.17) is 4.74 Å². The highest BCUT2D eigenvalue weighted by atomic mass is 19.1. The van der Waals surface area contributed by atoms with Crippen LogP contribution in [0.5, 0.6) is 0 Å². The summed E-state index contributed by atoms with van der Waals surface area (Å²) < 4.78 is 18.1. The number of benzene rings is 1. The summed E-state index contributed by atoms with van der Waals surface area (Å²) in [5.74, 6) is -0.425. The third-order valence-corrected chi connectivity index (χ3v) is 4.25. The molecule has 0 fully saturated rings. The van der Waals surface area contributed by atoms with Crippen molar-refractivity contribution >= 4 is 5.97 Å². The maximum Gasteiger partial charge on any atom is 0.303 e. The SMILES string of the molecule is CC(=O)OC(C)(C)C.CCCCCCC(O)(CCC)c1ccc(F)c(C)c1. The molecule has 1 aromatic rings. The number of hydrogen-bond donors (Lipinski definition) is 1. The van der Waals surface area contributed by atoms with Gasteiger partial charge in [-0.25, -0.2) is 4.39 Å². The molecule has 156 valence electrons. The van der Waals surface area contributed by atoms with Crippen LogP contribution < -0.4 is 0 Å². The van der Waals surface area contributed by atoms with E-state index < -0.39 is 5.60 Å². The molecule has 1 rings (SSSR count). The summed E-state index contributed by atoms with van der Waals surface area (Å²) in [6, 6.07) is 5.00. The van der Waals surface area contributed by atoms with E-state index in [-0.39, 0.29) is 17.4 Å². The third kappa shape index (κ3) is 11.1. The lowest BCUT2D eigenvalue weighted by atomic mass is 9.84. The van der Waals surface area contributed by atoms with Crippen molar-refractivity contribution in [3.63, 3.8) is 0 Å². The van der Waals surface area contributed by atoms with E-state index in [9.17, 15) is 14.3 Å². The first-order chi connectivity index (χ1) is 12.4. The molecule has 0 aliphatic carbocycles. The molecule has 0 saturated carbocycles. The van der Waals surface area contributed by atoms with Gasteiger partial charge in [0.15, 0.2) is 0 Å². The Morgan fingerprint density at radius 1 is 1.07 bits per heavy atom. The van der Waals surface area contributed by atoms with Crippen molar-refractivity contribution in [2.75, 3.05) is 0 Å². The Bertz CT molecular complexity index is 563. The molecular weight excluding hydrogens is 343 g/mol. The predicted molar refractivity (Wildman–Crippen MR) is 110 cm³/mol. The molecule has 0 aromatic heterocycles. The van der Waals surface area contributed by atoms with E-state index in [1.54, 1.807) is 19.1 Å². The number of ether oxygens (including phenoxy) is 1. The summed E-state index contributed by atoms with van der Waals surface area (Å²) in [4.78, 5) is 10.2. The molecule has 0 amide bonds. The van der Waals surface area contributed by atoms with Gasteiger partial charge in [0, 0.05) is 6.92 Å². The minimum atomic E-state index is -0.791. The molecule has 1 unspecified atom stereocenters. The van der Waals surface area contributed by atoms with Crippen molar-refractivity contribution in [1.29, 1.82) is 0 Å². The van der Waals surface area contributed by atoms with Gasteiger partial charge in [-0.05, 0) is 57.7 Å². The highest BCUT2D eigenvalue weighted by Gasteiger charge is 2.28. The van der Waals surface area contributed by atoms with Crippen LogP contribution in [0.25, 0.3) is 0 Å². The Morgan fingerprint density at radius 3 is 2.11 bits per heavy atom. The van der Waals surface area contributed by atoms with Crippen LogP contribution in [0.1, 0.15) is 97.6 Å². The van der Waals surface area contributed by atoms with Crippen LogP contribution in [0.3, 0.4) is 0 Å². The topological polar surface area (TPSA) is 46.5 Å². The van der Waals surface area contributed by atoms with E-state index in [0.717, 1.165) is 37.7 Å². The van der Waals surface area contributed by atoms with Gasteiger partial charge in [0.25, 0.3) is 0 Å². The lowest BCUT2D eigenvalue weighted by Crippen LogP contribution is -2.25. The molecule has 27 heavy (non-hydrogen) atoms. The lowest BCUT2D eigenvalue weighted by Gasteiger charge is -2.29. The number of carbonyl (C=O) groups is 1. The number of aryl methyl sites for hydroxylation is 1. The summed E-state index contributed by atoms with van der Waals surface area (Å²) in [5, 5.41) is 10.9. The summed E-state index contributed by atoms with van der Waals surface area (Å²) in [5.41, 5.74) is 0.359. The zero-order valence-electron chi connectivity index (χ0n) is 18.3. The third-order valence-electron chi connectivity index (χ3n) is 4.25. The highest BCUT2D eigenvalue weighted by Crippen LogP contribution is 2.33. The standard InChI is InChI=1S/C17H27FO.C6H12O2/c1-4-6-7-8-12-17(19,11-5-2)15-9-10-16(18)14(3)13-15;1-5(7)8-6(2,3)4/h9-10,13,19H,4-8,11-12H2,1-3H3;1-4H3. The van der Waals surface area contributed by atoms with Crippen molar-refractivity contribution in [3.05, 3.63) is 35.1 Å². The molecule has 1 aromatic carbocycles. The maximum atomic E-state index is 13.3. The summed E-state index contributed by atoms with van der Waals surface area (Å²) >= 11 is 0. The number of esters is 1. The second-order valence-corrected chi connectivity index (χ2v) is 8.26. The maximum absolute atomic E-state index is 13.3. The average Bonchev–Trinajstić information content (AvgIpc) is 2.52. The fraction of sp³-hybridized carbons (Fsp3) is 0.696. The highest BCUT2D eigenvalue weighted by molar-refractivity contribution is 5.66. The first-order valence-electron chi connectivity index (χ1n) is 10.1. The van der Waals surface area contributed by atoms with Crippen molar-refractivity contribution < 1.29 is 19.0 Å². The van der Waals surface area contributed by atoms with Gasteiger partial charge in [0.2, 0.25) is 0 Å². The van der Waals surface area contributed by atoms with Crippen LogP contribution in [0.4, 0.5) is 4.39 Å². The van der Waals surface area contributed by atoms with Gasteiger partial charge in [-0.1, -0.05) is 58.1 Å². The average molecular weight is 383 g/mol. The van der Waals surface area contributed by atoms with Gasteiger partial charge in [0.1, 0.15) is 11.4 Å². The molecule has 1 atom stereocenters. The molecule has 0 aliphatic heterocycles. The number of rotatable bonds is 8.